The van der Waals surface area contributed by atoms with E-state index in [9.17, 15) is 0 Å². The molecule has 0 spiro atoms. The number of nitrogens with zero attached hydrogens (tertiary/aromatic N) is 1. The van der Waals surface area contributed by atoms with Crippen LogP contribution in [0.4, 0.5) is 0 Å². The molecule has 1 N–H and O–H groups in total. The summed E-state index contributed by atoms with van der Waals surface area (Å²) in [5, 5.41) is 3.51. The molecule has 106 valence electrons. The minimum Gasteiger partial charge on any atom is -0.497 e. The van der Waals surface area contributed by atoms with E-state index in [0.717, 1.165) is 37.4 Å². The first-order valence-corrected chi connectivity index (χ1v) is 6.71. The lowest BCUT2D eigenvalue weighted by atomic mass is 9.89. The third-order valence-electron chi connectivity index (χ3n) is 4.09. The molecule has 0 radical (unpaired) electrons. The summed E-state index contributed by atoms with van der Waals surface area (Å²) in [4.78, 5) is 2.36. The summed E-state index contributed by atoms with van der Waals surface area (Å²) in [6.45, 7) is 2.19. The van der Waals surface area contributed by atoms with Crippen LogP contribution in [0, 0.1) is 0 Å². The lowest BCUT2D eigenvalue weighted by Gasteiger charge is -2.29. The largest absolute Gasteiger partial charge is 0.497 e. The molecule has 0 aromatic heterocycles. The fraction of sp³-hybridized carbons (Fsp3) is 0.600. The maximum atomic E-state index is 5.47. The zero-order chi connectivity index (χ0) is 13.9. The molecule has 1 aromatic rings. The van der Waals surface area contributed by atoms with Gasteiger partial charge in [-0.1, -0.05) is 0 Å². The molecule has 2 rings (SSSR count). The van der Waals surface area contributed by atoms with Gasteiger partial charge in [0, 0.05) is 12.1 Å². The summed E-state index contributed by atoms with van der Waals surface area (Å²) in [5.41, 5.74) is 1.33. The lowest BCUT2D eigenvalue weighted by Crippen LogP contribution is -2.47. The maximum absolute atomic E-state index is 5.47. The Morgan fingerprint density at radius 2 is 2.11 bits per heavy atom. The summed E-state index contributed by atoms with van der Waals surface area (Å²) >= 11 is 0. The fourth-order valence-corrected chi connectivity index (χ4v) is 2.90. The van der Waals surface area contributed by atoms with E-state index in [4.69, 9.17) is 9.47 Å². The van der Waals surface area contributed by atoms with Crippen molar-refractivity contribution in [3.05, 3.63) is 23.8 Å². The van der Waals surface area contributed by atoms with E-state index in [1.807, 2.05) is 19.2 Å². The van der Waals surface area contributed by atoms with Crippen LogP contribution in [0.5, 0.6) is 11.5 Å². The number of likely N-dealkylation sites (tertiary alicyclic amines) is 1. The molecule has 1 heterocycles. The third kappa shape index (κ3) is 3.01. The van der Waals surface area contributed by atoms with Crippen molar-refractivity contribution < 1.29 is 9.47 Å². The topological polar surface area (TPSA) is 33.7 Å². The predicted octanol–water partition coefficient (Wildman–Crippen LogP) is 1.54. The van der Waals surface area contributed by atoms with Crippen molar-refractivity contribution in [1.82, 2.24) is 10.2 Å². The van der Waals surface area contributed by atoms with E-state index in [1.54, 1.807) is 14.2 Å². The molecule has 1 atom stereocenters. The average Bonchev–Trinajstić information content (AvgIpc) is 2.80. The standard InChI is InChI=1S/C15H24N2O2/c1-16-15(7-8-17(2)11-15)10-12-9-13(18-3)5-6-14(12)19-4/h5-6,9,16H,7-8,10-11H2,1-4H3. The Bertz CT molecular complexity index is 436. The first-order valence-electron chi connectivity index (χ1n) is 6.71. The highest BCUT2D eigenvalue weighted by Gasteiger charge is 2.35. The highest BCUT2D eigenvalue weighted by atomic mass is 16.5. The van der Waals surface area contributed by atoms with Crippen LogP contribution < -0.4 is 14.8 Å². The summed E-state index contributed by atoms with van der Waals surface area (Å²) in [6.07, 6.45) is 2.11. The second-order valence-corrected chi connectivity index (χ2v) is 5.37. The van der Waals surface area contributed by atoms with Gasteiger partial charge in [-0.15, -0.1) is 0 Å². The summed E-state index contributed by atoms with van der Waals surface area (Å²) in [5.74, 6) is 1.82. The van der Waals surface area contributed by atoms with Gasteiger partial charge in [-0.25, -0.2) is 0 Å². The quantitative estimate of drug-likeness (QED) is 0.874. The normalized spacial score (nSPS) is 23.6. The minimum atomic E-state index is 0.133. The molecule has 0 amide bonds. The SMILES string of the molecule is CNC1(Cc2cc(OC)ccc2OC)CCN(C)C1. The van der Waals surface area contributed by atoms with E-state index in [-0.39, 0.29) is 5.54 Å². The van der Waals surface area contributed by atoms with Gasteiger partial charge in [0.05, 0.1) is 14.2 Å². The van der Waals surface area contributed by atoms with Gasteiger partial charge in [-0.05, 0) is 57.2 Å². The Labute approximate surface area is 115 Å². The molecule has 1 aliphatic rings. The summed E-state index contributed by atoms with van der Waals surface area (Å²) in [6, 6.07) is 6.00. The molecule has 4 nitrogen and oxygen atoms in total. The van der Waals surface area contributed by atoms with Crippen LogP contribution in [0.25, 0.3) is 0 Å². The average molecular weight is 264 g/mol. The molecule has 4 heteroatoms. The second-order valence-electron chi connectivity index (χ2n) is 5.37. The Morgan fingerprint density at radius 1 is 1.32 bits per heavy atom. The molecule has 1 unspecified atom stereocenters. The molecule has 0 saturated carbocycles. The molecule has 0 bridgehead atoms. The summed E-state index contributed by atoms with van der Waals surface area (Å²) in [7, 11) is 7.63. The monoisotopic (exact) mass is 264 g/mol. The van der Waals surface area contributed by atoms with E-state index < -0.39 is 0 Å². The van der Waals surface area contributed by atoms with Gasteiger partial charge in [0.15, 0.2) is 0 Å². The Morgan fingerprint density at radius 3 is 2.63 bits per heavy atom. The Hall–Kier alpha value is -1.26. The van der Waals surface area contributed by atoms with Crippen LogP contribution in [0.1, 0.15) is 12.0 Å². The zero-order valence-electron chi connectivity index (χ0n) is 12.3. The van der Waals surface area contributed by atoms with E-state index >= 15 is 0 Å². The number of methoxy groups -OCH3 is 2. The molecule has 19 heavy (non-hydrogen) atoms. The zero-order valence-corrected chi connectivity index (χ0v) is 12.3. The molecule has 0 aliphatic carbocycles. The number of hydrogen-bond acceptors (Lipinski definition) is 4. The lowest BCUT2D eigenvalue weighted by molar-refractivity contribution is 0.320. The van der Waals surface area contributed by atoms with Crippen LogP contribution >= 0.6 is 0 Å². The molecular weight excluding hydrogens is 240 g/mol. The first-order chi connectivity index (χ1) is 9.12. The number of nitrogens with one attached hydrogen (secondary N) is 1. The van der Waals surface area contributed by atoms with Crippen LogP contribution in [-0.4, -0.2) is 51.8 Å². The molecule has 1 saturated heterocycles. The second kappa shape index (κ2) is 5.80. The fourth-order valence-electron chi connectivity index (χ4n) is 2.90. The molecular formula is C15H24N2O2. The van der Waals surface area contributed by atoms with Crippen molar-refractivity contribution in [1.29, 1.82) is 0 Å². The van der Waals surface area contributed by atoms with Crippen LogP contribution in [-0.2, 0) is 6.42 Å². The van der Waals surface area contributed by atoms with Crippen LogP contribution in [0.15, 0.2) is 18.2 Å². The van der Waals surface area contributed by atoms with E-state index in [1.165, 1.54) is 5.56 Å². The van der Waals surface area contributed by atoms with Crippen molar-refractivity contribution in [2.45, 2.75) is 18.4 Å². The molecule has 1 aliphatic heterocycles. The van der Waals surface area contributed by atoms with Gasteiger partial charge in [-0.3, -0.25) is 0 Å². The highest BCUT2D eigenvalue weighted by Crippen LogP contribution is 2.31. The summed E-state index contributed by atoms with van der Waals surface area (Å²) < 4.78 is 10.8. The van der Waals surface area contributed by atoms with Crippen molar-refractivity contribution in [3.63, 3.8) is 0 Å². The smallest absolute Gasteiger partial charge is 0.122 e. The number of ether oxygens (including phenoxy) is 2. The van der Waals surface area contributed by atoms with Crippen molar-refractivity contribution in [2.75, 3.05) is 41.4 Å². The van der Waals surface area contributed by atoms with Crippen LogP contribution in [0.3, 0.4) is 0 Å². The minimum absolute atomic E-state index is 0.133. The number of rotatable bonds is 5. The van der Waals surface area contributed by atoms with Crippen molar-refractivity contribution >= 4 is 0 Å². The highest BCUT2D eigenvalue weighted by molar-refractivity contribution is 5.41. The molecule has 1 fully saturated rings. The first kappa shape index (κ1) is 14.2. The Kier molecular flexibility index (Phi) is 4.32. The van der Waals surface area contributed by atoms with Crippen LogP contribution in [0.2, 0.25) is 0 Å². The van der Waals surface area contributed by atoms with Crippen molar-refractivity contribution in [2.24, 2.45) is 0 Å². The van der Waals surface area contributed by atoms with Gasteiger partial charge >= 0.3 is 0 Å². The Balaban J connectivity index is 2.25. The van der Waals surface area contributed by atoms with Gasteiger partial charge in [0.25, 0.3) is 0 Å². The van der Waals surface area contributed by atoms with E-state index in [2.05, 4.69) is 23.3 Å². The van der Waals surface area contributed by atoms with Gasteiger partial charge < -0.3 is 19.7 Å². The van der Waals surface area contributed by atoms with E-state index in [0.29, 0.717) is 0 Å². The number of hydrogen-bond donors (Lipinski definition) is 1. The number of benzene rings is 1. The maximum Gasteiger partial charge on any atom is 0.122 e. The number of likely N-dealkylation sites (N-methyl/N-ethyl adjacent to an activating group) is 2. The molecule has 1 aromatic carbocycles. The predicted molar refractivity (Wildman–Crippen MR) is 77.2 cm³/mol. The van der Waals surface area contributed by atoms with Gasteiger partial charge in [0.1, 0.15) is 11.5 Å². The van der Waals surface area contributed by atoms with Gasteiger partial charge in [0.2, 0.25) is 0 Å². The third-order valence-corrected chi connectivity index (χ3v) is 4.09. The van der Waals surface area contributed by atoms with Crippen molar-refractivity contribution in [3.8, 4) is 11.5 Å². The van der Waals surface area contributed by atoms with Gasteiger partial charge in [-0.2, -0.15) is 0 Å².